The summed E-state index contributed by atoms with van der Waals surface area (Å²) < 4.78 is 25.3. The molecule has 0 radical (unpaired) electrons. The molecule has 96 valence electrons. The smallest absolute Gasteiger partial charge is 0.212 e. The molecule has 1 atom stereocenters. The van der Waals surface area contributed by atoms with Gasteiger partial charge >= 0.3 is 0 Å². The van der Waals surface area contributed by atoms with Crippen LogP contribution in [0.15, 0.2) is 0 Å². The molecular formula is C10H23N3O2S. The van der Waals surface area contributed by atoms with E-state index >= 15 is 0 Å². The number of likely N-dealkylation sites (tertiary alicyclic amines) is 1. The lowest BCUT2D eigenvalue weighted by atomic mass is 10.2. The Balaban J connectivity index is 2.21. The van der Waals surface area contributed by atoms with Gasteiger partial charge in [-0.15, -0.1) is 0 Å². The number of nitrogens with two attached hydrogens (primary N) is 1. The predicted octanol–water partition coefficient (Wildman–Crippen LogP) is -0.404. The maximum atomic E-state index is 11.4. The summed E-state index contributed by atoms with van der Waals surface area (Å²) in [5.41, 5.74) is 5.23. The van der Waals surface area contributed by atoms with Gasteiger partial charge in [0, 0.05) is 19.6 Å². The number of rotatable bonds is 7. The van der Waals surface area contributed by atoms with Gasteiger partial charge in [0.1, 0.15) is 0 Å². The van der Waals surface area contributed by atoms with Crippen LogP contribution in [0.1, 0.15) is 19.8 Å². The third kappa shape index (κ3) is 5.25. The van der Waals surface area contributed by atoms with Gasteiger partial charge in [-0.25, -0.2) is 13.1 Å². The number of nitrogens with one attached hydrogen (secondary N) is 1. The summed E-state index contributed by atoms with van der Waals surface area (Å²) in [6.45, 7) is 6.04. The minimum Gasteiger partial charge on any atom is -0.329 e. The first-order valence-corrected chi connectivity index (χ1v) is 7.58. The van der Waals surface area contributed by atoms with Gasteiger partial charge in [-0.1, -0.05) is 6.92 Å². The third-order valence-electron chi connectivity index (χ3n) is 2.81. The Morgan fingerprint density at radius 1 is 1.38 bits per heavy atom. The van der Waals surface area contributed by atoms with E-state index in [1.165, 1.54) is 12.8 Å². The van der Waals surface area contributed by atoms with Crippen molar-refractivity contribution in [1.82, 2.24) is 9.62 Å². The van der Waals surface area contributed by atoms with Crippen molar-refractivity contribution in [1.29, 1.82) is 0 Å². The van der Waals surface area contributed by atoms with E-state index in [2.05, 4.69) is 16.5 Å². The molecule has 3 N–H and O–H groups in total. The molecule has 1 rings (SSSR count). The van der Waals surface area contributed by atoms with Crippen molar-refractivity contribution in [2.24, 2.45) is 11.7 Å². The first-order valence-electron chi connectivity index (χ1n) is 5.93. The van der Waals surface area contributed by atoms with E-state index in [9.17, 15) is 8.42 Å². The fraction of sp³-hybridized carbons (Fsp3) is 1.00. The van der Waals surface area contributed by atoms with Gasteiger partial charge < -0.3 is 10.6 Å². The standard InChI is InChI=1S/C10H23N3O2S/c1-10(9-13-5-2-3-6-13)8-12-16(14,15)7-4-11/h10,12H,2-9,11H2,1H3. The fourth-order valence-corrected chi connectivity index (χ4v) is 2.96. The maximum Gasteiger partial charge on any atom is 0.212 e. The van der Waals surface area contributed by atoms with Gasteiger partial charge in [-0.2, -0.15) is 0 Å². The van der Waals surface area contributed by atoms with E-state index in [1.807, 2.05) is 0 Å². The Kier molecular flexibility index (Phi) is 5.68. The van der Waals surface area contributed by atoms with Crippen LogP contribution in [0, 0.1) is 5.92 Å². The van der Waals surface area contributed by atoms with Crippen molar-refractivity contribution in [2.75, 3.05) is 38.5 Å². The molecule has 0 amide bonds. The highest BCUT2D eigenvalue weighted by Crippen LogP contribution is 2.09. The lowest BCUT2D eigenvalue weighted by Crippen LogP contribution is -2.36. The summed E-state index contributed by atoms with van der Waals surface area (Å²) in [6, 6.07) is 0. The van der Waals surface area contributed by atoms with Crippen molar-refractivity contribution in [2.45, 2.75) is 19.8 Å². The fourth-order valence-electron chi connectivity index (χ4n) is 1.97. The van der Waals surface area contributed by atoms with Gasteiger partial charge in [0.2, 0.25) is 10.0 Å². The molecule has 6 heteroatoms. The second-order valence-electron chi connectivity index (χ2n) is 4.57. The van der Waals surface area contributed by atoms with E-state index in [0.29, 0.717) is 12.5 Å². The Hall–Kier alpha value is -0.170. The Labute approximate surface area is 98.4 Å². The summed E-state index contributed by atoms with van der Waals surface area (Å²) in [4.78, 5) is 2.39. The maximum absolute atomic E-state index is 11.4. The van der Waals surface area contributed by atoms with Crippen molar-refractivity contribution in [3.05, 3.63) is 0 Å². The molecule has 5 nitrogen and oxygen atoms in total. The second kappa shape index (κ2) is 6.54. The Morgan fingerprint density at radius 2 is 2.00 bits per heavy atom. The summed E-state index contributed by atoms with van der Waals surface area (Å²) in [7, 11) is -3.15. The lowest BCUT2D eigenvalue weighted by molar-refractivity contribution is 0.288. The lowest BCUT2D eigenvalue weighted by Gasteiger charge is -2.20. The van der Waals surface area contributed by atoms with Crippen LogP contribution in [0.25, 0.3) is 0 Å². The summed E-state index contributed by atoms with van der Waals surface area (Å²) in [5, 5.41) is 0. The molecule has 1 aliphatic rings. The average molecular weight is 249 g/mol. The van der Waals surface area contributed by atoms with Crippen LogP contribution >= 0.6 is 0 Å². The molecule has 1 unspecified atom stereocenters. The van der Waals surface area contributed by atoms with Crippen molar-refractivity contribution < 1.29 is 8.42 Å². The van der Waals surface area contributed by atoms with Crippen LogP contribution in [-0.2, 0) is 10.0 Å². The minimum absolute atomic E-state index is 0.0173. The van der Waals surface area contributed by atoms with Crippen molar-refractivity contribution in [3.63, 3.8) is 0 Å². The average Bonchev–Trinajstić information content (AvgIpc) is 2.68. The van der Waals surface area contributed by atoms with Gasteiger partial charge in [0.05, 0.1) is 5.75 Å². The highest BCUT2D eigenvalue weighted by Gasteiger charge is 2.16. The van der Waals surface area contributed by atoms with Gasteiger partial charge in [-0.3, -0.25) is 0 Å². The SMILES string of the molecule is CC(CNS(=O)(=O)CCN)CN1CCCC1. The topological polar surface area (TPSA) is 75.4 Å². The van der Waals surface area contributed by atoms with Crippen LogP contribution in [-0.4, -0.2) is 51.8 Å². The largest absolute Gasteiger partial charge is 0.329 e. The van der Waals surface area contributed by atoms with Crippen LogP contribution in [0.5, 0.6) is 0 Å². The van der Waals surface area contributed by atoms with E-state index < -0.39 is 10.0 Å². The molecule has 0 aromatic rings. The van der Waals surface area contributed by atoms with Gasteiger partial charge in [0.15, 0.2) is 0 Å². The quantitative estimate of drug-likeness (QED) is 0.643. The van der Waals surface area contributed by atoms with Crippen LogP contribution in [0.3, 0.4) is 0 Å². The molecule has 1 aliphatic heterocycles. The molecule has 1 fully saturated rings. The molecule has 1 saturated heterocycles. The first-order chi connectivity index (χ1) is 7.53. The summed E-state index contributed by atoms with van der Waals surface area (Å²) in [6.07, 6.45) is 2.54. The summed E-state index contributed by atoms with van der Waals surface area (Å²) >= 11 is 0. The number of nitrogens with zero attached hydrogens (tertiary/aromatic N) is 1. The molecule has 1 heterocycles. The highest BCUT2D eigenvalue weighted by atomic mass is 32.2. The van der Waals surface area contributed by atoms with Crippen molar-refractivity contribution >= 4 is 10.0 Å². The summed E-state index contributed by atoms with van der Waals surface area (Å²) in [5.74, 6) is 0.370. The molecule has 16 heavy (non-hydrogen) atoms. The molecule has 0 bridgehead atoms. The van der Waals surface area contributed by atoms with Crippen molar-refractivity contribution in [3.8, 4) is 0 Å². The highest BCUT2D eigenvalue weighted by molar-refractivity contribution is 7.89. The molecule has 0 saturated carbocycles. The number of hydrogen-bond donors (Lipinski definition) is 2. The molecular weight excluding hydrogens is 226 g/mol. The first kappa shape index (κ1) is 13.9. The Bertz CT molecular complexity index is 286. The van der Waals surface area contributed by atoms with E-state index in [0.717, 1.165) is 19.6 Å². The predicted molar refractivity (Wildman–Crippen MR) is 65.7 cm³/mol. The minimum atomic E-state index is -3.15. The Morgan fingerprint density at radius 3 is 2.56 bits per heavy atom. The number of sulfonamides is 1. The van der Waals surface area contributed by atoms with Gasteiger partial charge in [-0.05, 0) is 31.8 Å². The van der Waals surface area contributed by atoms with Crippen LogP contribution < -0.4 is 10.5 Å². The molecule has 0 aromatic carbocycles. The van der Waals surface area contributed by atoms with Crippen LogP contribution in [0.4, 0.5) is 0 Å². The zero-order valence-electron chi connectivity index (χ0n) is 9.98. The van der Waals surface area contributed by atoms with E-state index in [1.54, 1.807) is 0 Å². The second-order valence-corrected chi connectivity index (χ2v) is 6.50. The monoisotopic (exact) mass is 249 g/mol. The van der Waals surface area contributed by atoms with E-state index in [-0.39, 0.29) is 12.3 Å². The van der Waals surface area contributed by atoms with Crippen LogP contribution in [0.2, 0.25) is 0 Å². The number of hydrogen-bond acceptors (Lipinski definition) is 4. The van der Waals surface area contributed by atoms with Gasteiger partial charge in [0.25, 0.3) is 0 Å². The normalized spacial score (nSPS) is 20.1. The molecule has 0 spiro atoms. The molecule has 0 aromatic heterocycles. The third-order valence-corrected chi connectivity index (χ3v) is 4.19. The zero-order chi connectivity index (χ0) is 12.0. The zero-order valence-corrected chi connectivity index (χ0v) is 10.8. The molecule has 0 aliphatic carbocycles. The van der Waals surface area contributed by atoms with E-state index in [4.69, 9.17) is 5.73 Å².